The van der Waals surface area contributed by atoms with E-state index in [-0.39, 0.29) is 17.6 Å². The molecule has 0 spiro atoms. The van der Waals surface area contributed by atoms with Crippen LogP contribution in [0, 0.1) is 6.92 Å². The number of nitrogens with one attached hydrogen (secondary N) is 1. The van der Waals surface area contributed by atoms with E-state index >= 15 is 0 Å². The number of rotatable bonds is 3. The first-order valence-electron chi connectivity index (χ1n) is 9.00. The van der Waals surface area contributed by atoms with Crippen molar-refractivity contribution in [2.24, 2.45) is 7.05 Å². The average molecular weight is 367 g/mol. The quantitative estimate of drug-likeness (QED) is 0.760. The van der Waals surface area contributed by atoms with Crippen LogP contribution in [0.1, 0.15) is 34.8 Å². The van der Waals surface area contributed by atoms with E-state index in [9.17, 15) is 9.59 Å². The Balaban J connectivity index is 1.52. The zero-order chi connectivity index (χ0) is 19.0. The van der Waals surface area contributed by atoms with Gasteiger partial charge in [0.25, 0.3) is 5.91 Å². The number of carbonyl (C=O) groups is 1. The van der Waals surface area contributed by atoms with Gasteiger partial charge in [0.05, 0.1) is 0 Å². The fourth-order valence-corrected chi connectivity index (χ4v) is 3.53. The molecule has 1 aromatic carbocycles. The van der Waals surface area contributed by atoms with E-state index in [0.717, 1.165) is 17.8 Å². The van der Waals surface area contributed by atoms with Crippen LogP contribution in [-0.4, -0.2) is 31.5 Å². The fourth-order valence-electron chi connectivity index (χ4n) is 3.53. The lowest BCUT2D eigenvalue weighted by Crippen LogP contribution is -2.36. The highest BCUT2D eigenvalue weighted by atomic mass is 16.5. The first kappa shape index (κ1) is 17.3. The van der Waals surface area contributed by atoms with Gasteiger partial charge in [-0.2, -0.15) is 5.10 Å². The van der Waals surface area contributed by atoms with Crippen LogP contribution in [0.4, 0.5) is 0 Å². The van der Waals surface area contributed by atoms with Gasteiger partial charge < -0.3 is 9.84 Å². The summed E-state index contributed by atoms with van der Waals surface area (Å²) in [5.74, 6) is 1.05. The third-order valence-corrected chi connectivity index (χ3v) is 4.97. The molecule has 2 aromatic heterocycles. The second-order valence-corrected chi connectivity index (χ2v) is 6.80. The number of hydrogen-bond acceptors (Lipinski definition) is 5. The van der Waals surface area contributed by atoms with Gasteiger partial charge >= 0.3 is 5.69 Å². The van der Waals surface area contributed by atoms with E-state index in [1.54, 1.807) is 18.5 Å². The van der Waals surface area contributed by atoms with E-state index in [0.29, 0.717) is 36.4 Å². The number of aromatic nitrogens is 4. The van der Waals surface area contributed by atoms with Crippen molar-refractivity contribution in [2.75, 3.05) is 0 Å². The van der Waals surface area contributed by atoms with Gasteiger partial charge in [-0.1, -0.05) is 35.5 Å². The number of hydrogen-bond donors (Lipinski definition) is 1. The Morgan fingerprint density at radius 2 is 2.04 bits per heavy atom. The lowest BCUT2D eigenvalue weighted by Gasteiger charge is -2.16. The summed E-state index contributed by atoms with van der Waals surface area (Å²) in [5, 5.41) is 11.4. The number of fused-ring (bicyclic) bond motifs is 1. The van der Waals surface area contributed by atoms with Crippen LogP contribution < -0.4 is 11.0 Å². The average Bonchev–Trinajstić information content (AvgIpc) is 3.11. The smallest absolute Gasteiger partial charge is 0.345 e. The van der Waals surface area contributed by atoms with Crippen LogP contribution in [0.15, 0.2) is 39.6 Å². The third-order valence-electron chi connectivity index (χ3n) is 4.97. The van der Waals surface area contributed by atoms with Crippen molar-refractivity contribution in [1.82, 2.24) is 24.8 Å². The number of carbonyl (C=O) groups excluding carboxylic acids is 1. The summed E-state index contributed by atoms with van der Waals surface area (Å²) >= 11 is 0. The molecule has 3 aromatic rings. The Labute approximate surface area is 155 Å². The monoisotopic (exact) mass is 367 g/mol. The summed E-state index contributed by atoms with van der Waals surface area (Å²) in [6, 6.07) is 9.46. The van der Waals surface area contributed by atoms with Gasteiger partial charge in [0.1, 0.15) is 22.8 Å². The van der Waals surface area contributed by atoms with Gasteiger partial charge in [-0.05, 0) is 19.8 Å². The highest BCUT2D eigenvalue weighted by Gasteiger charge is 2.26. The predicted molar refractivity (Wildman–Crippen MR) is 98.3 cm³/mol. The second-order valence-electron chi connectivity index (χ2n) is 6.80. The molecule has 27 heavy (non-hydrogen) atoms. The van der Waals surface area contributed by atoms with E-state index in [4.69, 9.17) is 4.52 Å². The molecule has 0 saturated carbocycles. The third kappa shape index (κ3) is 3.18. The zero-order valence-corrected chi connectivity index (χ0v) is 15.3. The Hall–Kier alpha value is -3.16. The molecule has 140 valence electrons. The molecule has 1 amide bonds. The van der Waals surface area contributed by atoms with E-state index in [1.807, 2.05) is 30.3 Å². The summed E-state index contributed by atoms with van der Waals surface area (Å²) in [5.41, 5.74) is 1.72. The minimum Gasteiger partial charge on any atom is -0.360 e. The molecule has 0 bridgehead atoms. The van der Waals surface area contributed by atoms with Crippen molar-refractivity contribution in [2.45, 2.75) is 38.8 Å². The van der Waals surface area contributed by atoms with Gasteiger partial charge in [-0.15, -0.1) is 0 Å². The molecule has 0 fully saturated rings. The molecule has 3 heterocycles. The maximum atomic E-state index is 12.9. The van der Waals surface area contributed by atoms with E-state index in [1.165, 1.54) is 4.68 Å². The maximum Gasteiger partial charge on any atom is 0.345 e. The fraction of sp³-hybridized carbons (Fsp3) is 0.368. The first-order chi connectivity index (χ1) is 13.0. The summed E-state index contributed by atoms with van der Waals surface area (Å²) in [7, 11) is 1.66. The zero-order valence-electron chi connectivity index (χ0n) is 15.3. The number of nitrogens with zero attached hydrogens (tertiary/aromatic N) is 4. The molecular weight excluding hydrogens is 346 g/mol. The summed E-state index contributed by atoms with van der Waals surface area (Å²) < 4.78 is 8.33. The molecule has 1 N–H and O–H groups in total. The highest BCUT2D eigenvalue weighted by molar-refractivity contribution is 6.00. The number of benzene rings is 1. The van der Waals surface area contributed by atoms with Crippen molar-refractivity contribution in [3.05, 3.63) is 58.0 Å². The SMILES string of the molecule is Cc1onc(-c2ccccc2)c1C(=O)NC1CCc2nn(C)c(=O)n2CC1. The maximum absolute atomic E-state index is 12.9. The number of amides is 1. The second kappa shape index (κ2) is 6.86. The van der Waals surface area contributed by atoms with Crippen LogP contribution in [0.3, 0.4) is 0 Å². The molecule has 0 radical (unpaired) electrons. The topological polar surface area (TPSA) is 95.0 Å². The Kier molecular flexibility index (Phi) is 4.39. The Morgan fingerprint density at radius 3 is 2.81 bits per heavy atom. The highest BCUT2D eigenvalue weighted by Crippen LogP contribution is 2.25. The molecule has 1 unspecified atom stereocenters. The standard InChI is InChI=1S/C19H21N5O3/c1-12-16(17(22-27-12)13-6-4-3-5-7-13)18(25)20-14-8-9-15-21-23(2)19(26)24(15)11-10-14/h3-7,14H,8-11H2,1-2H3,(H,20,25). The molecule has 0 saturated heterocycles. The van der Waals surface area contributed by atoms with Gasteiger partial charge in [0, 0.05) is 31.6 Å². The van der Waals surface area contributed by atoms with Crippen LogP contribution in [0.2, 0.25) is 0 Å². The normalized spacial score (nSPS) is 16.6. The molecule has 8 nitrogen and oxygen atoms in total. The van der Waals surface area contributed by atoms with Crippen molar-refractivity contribution >= 4 is 5.91 Å². The van der Waals surface area contributed by atoms with Gasteiger partial charge in [0.15, 0.2) is 0 Å². The molecule has 8 heteroatoms. The van der Waals surface area contributed by atoms with Crippen molar-refractivity contribution in [3.8, 4) is 11.3 Å². The minimum atomic E-state index is -0.204. The molecule has 4 rings (SSSR count). The summed E-state index contributed by atoms with van der Waals surface area (Å²) in [6.07, 6.45) is 2.05. The van der Waals surface area contributed by atoms with Gasteiger partial charge in [0.2, 0.25) is 0 Å². The number of aryl methyl sites for hydroxylation is 3. The van der Waals surface area contributed by atoms with Crippen LogP contribution >= 0.6 is 0 Å². The van der Waals surface area contributed by atoms with E-state index < -0.39 is 0 Å². The lowest BCUT2D eigenvalue weighted by molar-refractivity contribution is 0.0932. The predicted octanol–water partition coefficient (Wildman–Crippen LogP) is 1.68. The Morgan fingerprint density at radius 1 is 1.26 bits per heavy atom. The van der Waals surface area contributed by atoms with Crippen molar-refractivity contribution < 1.29 is 9.32 Å². The molecule has 1 atom stereocenters. The van der Waals surface area contributed by atoms with Crippen LogP contribution in [-0.2, 0) is 20.0 Å². The first-order valence-corrected chi connectivity index (χ1v) is 9.00. The van der Waals surface area contributed by atoms with Crippen LogP contribution in [0.25, 0.3) is 11.3 Å². The van der Waals surface area contributed by atoms with Gasteiger partial charge in [-0.25, -0.2) is 9.48 Å². The Bertz CT molecular complexity index is 1030. The molecule has 0 aliphatic carbocycles. The summed E-state index contributed by atoms with van der Waals surface area (Å²) in [6.45, 7) is 2.28. The van der Waals surface area contributed by atoms with Gasteiger partial charge in [-0.3, -0.25) is 9.36 Å². The molecule has 1 aliphatic rings. The van der Waals surface area contributed by atoms with Crippen molar-refractivity contribution in [3.63, 3.8) is 0 Å². The lowest BCUT2D eigenvalue weighted by atomic mass is 10.0. The molecular formula is C19H21N5O3. The summed E-state index contributed by atoms with van der Waals surface area (Å²) in [4.78, 5) is 25.0. The largest absolute Gasteiger partial charge is 0.360 e. The van der Waals surface area contributed by atoms with Crippen LogP contribution in [0.5, 0.6) is 0 Å². The minimum absolute atomic E-state index is 0.0400. The van der Waals surface area contributed by atoms with E-state index in [2.05, 4.69) is 15.6 Å². The molecule has 1 aliphatic heterocycles. The van der Waals surface area contributed by atoms with Crippen molar-refractivity contribution in [1.29, 1.82) is 0 Å².